The van der Waals surface area contributed by atoms with E-state index in [-0.39, 0.29) is 6.10 Å². The molecule has 1 aromatic carbocycles. The summed E-state index contributed by atoms with van der Waals surface area (Å²) in [6, 6.07) is 5.63. The van der Waals surface area contributed by atoms with Crippen molar-refractivity contribution in [1.29, 1.82) is 0 Å². The van der Waals surface area contributed by atoms with Gasteiger partial charge in [0.15, 0.2) is 0 Å². The zero-order valence-corrected chi connectivity index (χ0v) is 13.5. The molecule has 1 aliphatic carbocycles. The maximum atomic E-state index is 10.1. The van der Waals surface area contributed by atoms with E-state index in [0.29, 0.717) is 17.5 Å². The summed E-state index contributed by atoms with van der Waals surface area (Å²) in [6.07, 6.45) is 5.60. The van der Waals surface area contributed by atoms with Crippen LogP contribution in [0.1, 0.15) is 44.6 Å². The van der Waals surface area contributed by atoms with Crippen LogP contribution in [0.4, 0.5) is 0 Å². The fourth-order valence-corrected chi connectivity index (χ4v) is 3.17. The van der Waals surface area contributed by atoms with Crippen LogP contribution < -0.4 is 10.1 Å². The van der Waals surface area contributed by atoms with Gasteiger partial charge in [-0.05, 0) is 37.1 Å². The number of hydrogen-bond acceptors (Lipinski definition) is 3. The largest absolute Gasteiger partial charge is 0.491 e. The Bertz CT molecular complexity index is 433. The average molecular weight is 312 g/mol. The van der Waals surface area contributed by atoms with E-state index in [1.54, 1.807) is 0 Å². The molecule has 0 aliphatic heterocycles. The van der Waals surface area contributed by atoms with E-state index in [1.807, 2.05) is 18.2 Å². The van der Waals surface area contributed by atoms with Gasteiger partial charge in [0.05, 0.1) is 6.10 Å². The van der Waals surface area contributed by atoms with Gasteiger partial charge in [-0.3, -0.25) is 0 Å². The normalized spacial score (nSPS) is 17.1. The van der Waals surface area contributed by atoms with E-state index >= 15 is 0 Å². The summed E-state index contributed by atoms with van der Waals surface area (Å²) in [4.78, 5) is 0. The zero-order chi connectivity index (χ0) is 15.1. The molecule has 4 heteroatoms. The molecular weight excluding hydrogens is 286 g/mol. The van der Waals surface area contributed by atoms with Crippen LogP contribution in [0.3, 0.4) is 0 Å². The van der Waals surface area contributed by atoms with Crippen molar-refractivity contribution >= 4 is 11.6 Å². The number of ether oxygens (including phenoxy) is 1. The Morgan fingerprint density at radius 1 is 1.38 bits per heavy atom. The predicted octanol–water partition coefficient (Wildman–Crippen LogP) is 3.77. The van der Waals surface area contributed by atoms with Crippen molar-refractivity contribution in [2.24, 2.45) is 5.92 Å². The second kappa shape index (κ2) is 8.62. The van der Waals surface area contributed by atoms with Crippen LogP contribution in [-0.2, 0) is 6.54 Å². The molecule has 1 aromatic rings. The highest BCUT2D eigenvalue weighted by Crippen LogP contribution is 2.29. The topological polar surface area (TPSA) is 41.5 Å². The smallest absolute Gasteiger partial charge is 0.124 e. The fraction of sp³-hybridized carbons (Fsp3) is 0.647. The SMILES string of the molecule is CCNCc1cc(Cl)ccc1OCC(O)CC1CCCC1. The summed E-state index contributed by atoms with van der Waals surface area (Å²) in [6.45, 7) is 4.05. The van der Waals surface area contributed by atoms with Gasteiger partial charge in [0.25, 0.3) is 0 Å². The fourth-order valence-electron chi connectivity index (χ4n) is 2.97. The number of aliphatic hydroxyl groups is 1. The molecule has 1 saturated carbocycles. The van der Waals surface area contributed by atoms with Crippen LogP contribution in [0.5, 0.6) is 5.75 Å². The van der Waals surface area contributed by atoms with E-state index in [0.717, 1.165) is 30.8 Å². The van der Waals surface area contributed by atoms with Crippen molar-refractivity contribution < 1.29 is 9.84 Å². The third-order valence-electron chi connectivity index (χ3n) is 4.10. The number of aliphatic hydroxyl groups excluding tert-OH is 1. The first-order valence-electron chi connectivity index (χ1n) is 7.99. The quantitative estimate of drug-likeness (QED) is 0.768. The molecule has 2 N–H and O–H groups in total. The van der Waals surface area contributed by atoms with Crippen LogP contribution in [-0.4, -0.2) is 24.4 Å². The van der Waals surface area contributed by atoms with Gasteiger partial charge < -0.3 is 15.2 Å². The third-order valence-corrected chi connectivity index (χ3v) is 4.33. The Kier molecular flexibility index (Phi) is 6.81. The van der Waals surface area contributed by atoms with E-state index in [2.05, 4.69) is 12.2 Å². The minimum atomic E-state index is -0.379. The van der Waals surface area contributed by atoms with Crippen LogP contribution in [0.25, 0.3) is 0 Å². The third kappa shape index (κ3) is 5.50. The molecule has 0 radical (unpaired) electrons. The van der Waals surface area contributed by atoms with E-state index < -0.39 is 0 Å². The molecule has 0 heterocycles. The summed E-state index contributed by atoms with van der Waals surface area (Å²) >= 11 is 6.04. The number of halogens is 1. The Labute approximate surface area is 132 Å². The van der Waals surface area contributed by atoms with Gasteiger partial charge in [-0.2, -0.15) is 0 Å². The Morgan fingerprint density at radius 2 is 2.14 bits per heavy atom. The first-order chi connectivity index (χ1) is 10.2. The molecule has 1 aliphatic rings. The van der Waals surface area contributed by atoms with Crippen LogP contribution in [0, 0.1) is 5.92 Å². The van der Waals surface area contributed by atoms with Crippen molar-refractivity contribution in [2.45, 2.75) is 51.7 Å². The van der Waals surface area contributed by atoms with Crippen molar-refractivity contribution in [3.8, 4) is 5.75 Å². The molecule has 1 atom stereocenters. The Morgan fingerprint density at radius 3 is 2.86 bits per heavy atom. The lowest BCUT2D eigenvalue weighted by Crippen LogP contribution is -2.21. The molecule has 3 nitrogen and oxygen atoms in total. The highest BCUT2D eigenvalue weighted by atomic mass is 35.5. The predicted molar refractivity (Wildman–Crippen MR) is 86.9 cm³/mol. The van der Waals surface area contributed by atoms with E-state index in [4.69, 9.17) is 16.3 Å². The van der Waals surface area contributed by atoms with Crippen LogP contribution >= 0.6 is 11.6 Å². The van der Waals surface area contributed by atoms with Crippen molar-refractivity contribution in [1.82, 2.24) is 5.32 Å². The molecule has 1 unspecified atom stereocenters. The second-order valence-corrected chi connectivity index (χ2v) is 6.32. The van der Waals surface area contributed by atoms with Gasteiger partial charge in [-0.15, -0.1) is 0 Å². The highest BCUT2D eigenvalue weighted by molar-refractivity contribution is 6.30. The lowest BCUT2D eigenvalue weighted by Gasteiger charge is -2.18. The lowest BCUT2D eigenvalue weighted by atomic mass is 10.0. The first kappa shape index (κ1) is 16.6. The molecule has 0 saturated heterocycles. The average Bonchev–Trinajstić information content (AvgIpc) is 2.97. The van der Waals surface area contributed by atoms with Gasteiger partial charge in [0, 0.05) is 17.1 Å². The van der Waals surface area contributed by atoms with Gasteiger partial charge >= 0.3 is 0 Å². The molecule has 0 aromatic heterocycles. The van der Waals surface area contributed by atoms with Gasteiger partial charge in [0.1, 0.15) is 12.4 Å². The number of hydrogen-bond donors (Lipinski definition) is 2. The summed E-state index contributed by atoms with van der Waals surface area (Å²) in [7, 11) is 0. The molecular formula is C17H26ClNO2. The molecule has 118 valence electrons. The number of benzene rings is 1. The molecule has 0 amide bonds. The molecule has 0 bridgehead atoms. The number of nitrogens with one attached hydrogen (secondary N) is 1. The second-order valence-electron chi connectivity index (χ2n) is 5.88. The number of rotatable bonds is 8. The van der Waals surface area contributed by atoms with Gasteiger partial charge in [-0.25, -0.2) is 0 Å². The van der Waals surface area contributed by atoms with Gasteiger partial charge in [0.2, 0.25) is 0 Å². The molecule has 2 rings (SSSR count). The maximum absolute atomic E-state index is 10.1. The van der Waals surface area contributed by atoms with Crippen molar-refractivity contribution in [3.05, 3.63) is 28.8 Å². The van der Waals surface area contributed by atoms with Gasteiger partial charge in [-0.1, -0.05) is 44.2 Å². The zero-order valence-electron chi connectivity index (χ0n) is 12.8. The van der Waals surface area contributed by atoms with Crippen molar-refractivity contribution in [2.75, 3.05) is 13.2 Å². The van der Waals surface area contributed by atoms with E-state index in [9.17, 15) is 5.11 Å². The Hall–Kier alpha value is -0.770. The van der Waals surface area contributed by atoms with Crippen molar-refractivity contribution in [3.63, 3.8) is 0 Å². The summed E-state index contributed by atoms with van der Waals surface area (Å²) < 4.78 is 5.81. The Balaban J connectivity index is 1.86. The lowest BCUT2D eigenvalue weighted by molar-refractivity contribution is 0.0850. The van der Waals surface area contributed by atoms with Crippen LogP contribution in [0.2, 0.25) is 5.02 Å². The summed E-state index contributed by atoms with van der Waals surface area (Å²) in [5, 5.41) is 14.1. The molecule has 0 spiro atoms. The standard InChI is InChI=1S/C17H26ClNO2/c1-2-19-11-14-10-15(18)7-8-17(14)21-12-16(20)9-13-5-3-4-6-13/h7-8,10,13,16,19-20H,2-6,9,11-12H2,1H3. The first-order valence-corrected chi connectivity index (χ1v) is 8.36. The summed E-state index contributed by atoms with van der Waals surface area (Å²) in [5.41, 5.74) is 1.04. The molecule has 21 heavy (non-hydrogen) atoms. The summed E-state index contributed by atoms with van der Waals surface area (Å²) in [5.74, 6) is 1.49. The monoisotopic (exact) mass is 311 g/mol. The van der Waals surface area contributed by atoms with E-state index in [1.165, 1.54) is 25.7 Å². The maximum Gasteiger partial charge on any atom is 0.124 e. The minimum absolute atomic E-state index is 0.358. The highest BCUT2D eigenvalue weighted by Gasteiger charge is 2.19. The minimum Gasteiger partial charge on any atom is -0.491 e. The molecule has 1 fully saturated rings. The van der Waals surface area contributed by atoms with Crippen LogP contribution in [0.15, 0.2) is 18.2 Å².